The van der Waals surface area contributed by atoms with Gasteiger partial charge in [0.1, 0.15) is 0 Å². The smallest absolute Gasteiger partial charge is 0.317 e. The highest BCUT2D eigenvalue weighted by molar-refractivity contribution is 5.76. The van der Waals surface area contributed by atoms with Crippen LogP contribution in [-0.2, 0) is 0 Å². The molecule has 0 unspecified atom stereocenters. The largest absolute Gasteiger partial charge is 0.336 e. The SMILES string of the molecule is C.C.CC(C)CC1CCNCC1.CC(C)CCN1CCNC1=O. The zero-order chi connectivity index (χ0) is 15.7. The van der Waals surface area contributed by atoms with E-state index >= 15 is 0 Å². The standard InChI is InChI=1S/C9H19N.C8H16N2O.2CH4/c1-8(2)7-9-3-5-10-6-4-9;1-7(2)3-5-10-6-4-9-8(10)11;;/h8-10H,3-7H2,1-2H3;7H,3-6H2,1-2H3,(H,9,11);2*1H4. The summed E-state index contributed by atoms with van der Waals surface area (Å²) < 4.78 is 0. The van der Waals surface area contributed by atoms with E-state index in [9.17, 15) is 4.79 Å². The summed E-state index contributed by atoms with van der Waals surface area (Å²) in [4.78, 5) is 12.9. The van der Waals surface area contributed by atoms with Gasteiger partial charge in [-0.25, -0.2) is 4.79 Å². The third kappa shape index (κ3) is 11.4. The van der Waals surface area contributed by atoms with Crippen molar-refractivity contribution >= 4 is 6.03 Å². The summed E-state index contributed by atoms with van der Waals surface area (Å²) in [5, 5.41) is 6.17. The van der Waals surface area contributed by atoms with Gasteiger partial charge in [0.05, 0.1) is 0 Å². The Labute approximate surface area is 145 Å². The van der Waals surface area contributed by atoms with Gasteiger partial charge in [-0.05, 0) is 56.5 Å². The Morgan fingerprint density at radius 2 is 1.65 bits per heavy atom. The van der Waals surface area contributed by atoms with Crippen molar-refractivity contribution in [3.8, 4) is 0 Å². The molecule has 0 bridgehead atoms. The second kappa shape index (κ2) is 13.6. The number of urea groups is 1. The zero-order valence-electron chi connectivity index (χ0n) is 14.5. The Morgan fingerprint density at radius 3 is 2.09 bits per heavy atom. The van der Waals surface area contributed by atoms with Crippen molar-refractivity contribution in [3.05, 3.63) is 0 Å². The van der Waals surface area contributed by atoms with Crippen LogP contribution in [-0.4, -0.2) is 43.7 Å². The van der Waals surface area contributed by atoms with Gasteiger partial charge in [-0.3, -0.25) is 0 Å². The maximum Gasteiger partial charge on any atom is 0.317 e. The van der Waals surface area contributed by atoms with E-state index in [0.29, 0.717) is 5.92 Å². The molecule has 23 heavy (non-hydrogen) atoms. The number of carbonyl (C=O) groups excluding carboxylic acids is 1. The second-order valence-corrected chi connectivity index (χ2v) is 7.22. The summed E-state index contributed by atoms with van der Waals surface area (Å²) in [7, 11) is 0. The number of hydrogen-bond donors (Lipinski definition) is 2. The number of nitrogens with zero attached hydrogens (tertiary/aromatic N) is 1. The summed E-state index contributed by atoms with van der Waals surface area (Å²) in [5.74, 6) is 2.59. The number of nitrogens with one attached hydrogen (secondary N) is 2. The van der Waals surface area contributed by atoms with E-state index in [2.05, 4.69) is 38.3 Å². The number of piperidine rings is 1. The molecule has 0 aromatic carbocycles. The summed E-state index contributed by atoms with van der Waals surface area (Å²) in [5.41, 5.74) is 0. The summed E-state index contributed by atoms with van der Waals surface area (Å²) >= 11 is 0. The van der Waals surface area contributed by atoms with Crippen LogP contribution in [0.1, 0.15) is 68.2 Å². The molecule has 0 aromatic heterocycles. The molecule has 0 atom stereocenters. The Morgan fingerprint density at radius 1 is 1.04 bits per heavy atom. The van der Waals surface area contributed by atoms with E-state index in [1.807, 2.05) is 4.90 Å². The third-order valence-electron chi connectivity index (χ3n) is 4.18. The quantitative estimate of drug-likeness (QED) is 0.787. The molecule has 2 rings (SSSR count). The summed E-state index contributed by atoms with van der Waals surface area (Å²) in [6.45, 7) is 14.1. The lowest BCUT2D eigenvalue weighted by Crippen LogP contribution is -2.29. The fourth-order valence-corrected chi connectivity index (χ4v) is 2.92. The predicted octanol–water partition coefficient (Wildman–Crippen LogP) is 4.36. The molecule has 2 aliphatic heterocycles. The molecule has 2 saturated heterocycles. The van der Waals surface area contributed by atoms with Crippen LogP contribution in [0.5, 0.6) is 0 Å². The molecule has 2 fully saturated rings. The van der Waals surface area contributed by atoms with Crippen molar-refractivity contribution < 1.29 is 4.79 Å². The van der Waals surface area contributed by atoms with E-state index in [4.69, 9.17) is 0 Å². The fraction of sp³-hybridized carbons (Fsp3) is 0.947. The molecule has 2 N–H and O–H groups in total. The van der Waals surface area contributed by atoms with E-state index in [1.54, 1.807) is 0 Å². The third-order valence-corrected chi connectivity index (χ3v) is 4.18. The molecule has 4 nitrogen and oxygen atoms in total. The topological polar surface area (TPSA) is 44.4 Å². The molecular weight excluding hydrogens is 286 g/mol. The van der Waals surface area contributed by atoms with Gasteiger partial charge in [-0.1, -0.05) is 42.5 Å². The van der Waals surface area contributed by atoms with Crippen LogP contribution in [0.2, 0.25) is 0 Å². The van der Waals surface area contributed by atoms with Crippen molar-refractivity contribution in [1.82, 2.24) is 15.5 Å². The van der Waals surface area contributed by atoms with Crippen LogP contribution in [0.15, 0.2) is 0 Å². The molecule has 0 aliphatic carbocycles. The zero-order valence-corrected chi connectivity index (χ0v) is 14.5. The number of hydrogen-bond acceptors (Lipinski definition) is 2. The number of carbonyl (C=O) groups is 1. The van der Waals surface area contributed by atoms with Crippen molar-refractivity contribution in [2.24, 2.45) is 17.8 Å². The molecule has 0 saturated carbocycles. The molecule has 0 radical (unpaired) electrons. The number of amides is 2. The molecule has 0 spiro atoms. The maximum absolute atomic E-state index is 11.0. The lowest BCUT2D eigenvalue weighted by Gasteiger charge is -2.23. The van der Waals surface area contributed by atoms with Gasteiger partial charge in [-0.2, -0.15) is 0 Å². The minimum atomic E-state index is 0. The maximum atomic E-state index is 11.0. The van der Waals surface area contributed by atoms with Crippen LogP contribution in [0.25, 0.3) is 0 Å². The minimum Gasteiger partial charge on any atom is -0.336 e. The second-order valence-electron chi connectivity index (χ2n) is 7.22. The monoisotopic (exact) mass is 329 g/mol. The lowest BCUT2D eigenvalue weighted by atomic mass is 9.89. The first-order valence-electron chi connectivity index (χ1n) is 8.72. The molecule has 2 aliphatic rings. The molecule has 2 amide bonds. The van der Waals surface area contributed by atoms with Crippen LogP contribution in [0, 0.1) is 17.8 Å². The van der Waals surface area contributed by atoms with E-state index in [1.165, 1.54) is 32.4 Å². The highest BCUT2D eigenvalue weighted by Gasteiger charge is 2.18. The van der Waals surface area contributed by atoms with Gasteiger partial charge in [0.2, 0.25) is 0 Å². The first-order valence-corrected chi connectivity index (χ1v) is 8.72. The van der Waals surface area contributed by atoms with Crippen LogP contribution in [0.3, 0.4) is 0 Å². The minimum absolute atomic E-state index is 0. The average molecular weight is 330 g/mol. The van der Waals surface area contributed by atoms with Gasteiger partial charge < -0.3 is 15.5 Å². The van der Waals surface area contributed by atoms with E-state index in [-0.39, 0.29) is 20.9 Å². The number of rotatable bonds is 5. The molecular formula is C19H43N3O. The van der Waals surface area contributed by atoms with E-state index in [0.717, 1.165) is 37.9 Å². The first kappa shape index (κ1) is 24.5. The fourth-order valence-electron chi connectivity index (χ4n) is 2.92. The van der Waals surface area contributed by atoms with Crippen molar-refractivity contribution in [2.45, 2.75) is 68.2 Å². The van der Waals surface area contributed by atoms with Crippen molar-refractivity contribution in [1.29, 1.82) is 0 Å². The van der Waals surface area contributed by atoms with Crippen LogP contribution >= 0.6 is 0 Å². The van der Waals surface area contributed by atoms with Gasteiger partial charge in [-0.15, -0.1) is 0 Å². The molecule has 4 heteroatoms. The highest BCUT2D eigenvalue weighted by Crippen LogP contribution is 2.20. The first-order chi connectivity index (χ1) is 9.99. The highest BCUT2D eigenvalue weighted by atomic mass is 16.2. The normalized spacial score (nSPS) is 18.0. The molecule has 2 heterocycles. The van der Waals surface area contributed by atoms with Gasteiger partial charge in [0.25, 0.3) is 0 Å². The predicted molar refractivity (Wildman–Crippen MR) is 103 cm³/mol. The molecule has 0 aromatic rings. The summed E-state index contributed by atoms with van der Waals surface area (Å²) in [6.07, 6.45) is 5.34. The van der Waals surface area contributed by atoms with Gasteiger partial charge >= 0.3 is 6.03 Å². The van der Waals surface area contributed by atoms with E-state index < -0.39 is 0 Å². The average Bonchev–Trinajstić information content (AvgIpc) is 2.83. The van der Waals surface area contributed by atoms with Crippen molar-refractivity contribution in [2.75, 3.05) is 32.7 Å². The Hall–Kier alpha value is -0.770. The summed E-state index contributed by atoms with van der Waals surface area (Å²) in [6, 6.07) is 0.102. The lowest BCUT2D eigenvalue weighted by molar-refractivity contribution is 0.215. The van der Waals surface area contributed by atoms with Crippen molar-refractivity contribution in [3.63, 3.8) is 0 Å². The molecule has 140 valence electrons. The van der Waals surface area contributed by atoms with Crippen LogP contribution in [0.4, 0.5) is 4.79 Å². The van der Waals surface area contributed by atoms with Gasteiger partial charge in [0, 0.05) is 19.6 Å². The Balaban J connectivity index is 0. The Bertz CT molecular complexity index is 286. The van der Waals surface area contributed by atoms with Crippen LogP contribution < -0.4 is 10.6 Å². The Kier molecular flexibility index (Phi) is 14.5. The van der Waals surface area contributed by atoms with Gasteiger partial charge in [0.15, 0.2) is 0 Å².